The fourth-order valence-corrected chi connectivity index (χ4v) is 2.40. The van der Waals surface area contributed by atoms with Crippen LogP contribution in [0.5, 0.6) is 0 Å². The van der Waals surface area contributed by atoms with Crippen molar-refractivity contribution in [2.24, 2.45) is 5.73 Å². The molecule has 0 radical (unpaired) electrons. The van der Waals surface area contributed by atoms with Crippen molar-refractivity contribution in [1.29, 1.82) is 0 Å². The van der Waals surface area contributed by atoms with Crippen LogP contribution in [0.2, 0.25) is 0 Å². The third-order valence-electron chi connectivity index (χ3n) is 3.73. The minimum absolute atomic E-state index is 0.0550. The van der Waals surface area contributed by atoms with E-state index >= 15 is 0 Å². The molecule has 1 aromatic heterocycles. The number of benzene rings is 1. The highest BCUT2D eigenvalue weighted by Crippen LogP contribution is 2.19. The third kappa shape index (κ3) is 4.32. The first-order valence-electron chi connectivity index (χ1n) is 7.44. The van der Waals surface area contributed by atoms with Gasteiger partial charge >= 0.3 is 11.9 Å². The number of para-hydroxylation sites is 1. The number of aromatic nitrogens is 1. The van der Waals surface area contributed by atoms with E-state index in [-0.39, 0.29) is 19.3 Å². The molecular formula is C16H19N3O5. The maximum Gasteiger partial charge on any atom is 0.326 e. The summed E-state index contributed by atoms with van der Waals surface area (Å²) in [6.07, 6.45) is 1.63. The number of carboxylic acid groups (broad SMARTS) is 2. The minimum Gasteiger partial charge on any atom is -0.480 e. The minimum atomic E-state index is -1.20. The molecule has 2 atom stereocenters. The second kappa shape index (κ2) is 7.60. The molecular weight excluding hydrogens is 314 g/mol. The van der Waals surface area contributed by atoms with Crippen LogP contribution in [0.15, 0.2) is 30.5 Å². The number of hydrogen-bond acceptors (Lipinski definition) is 4. The third-order valence-corrected chi connectivity index (χ3v) is 3.73. The second-order valence-electron chi connectivity index (χ2n) is 5.51. The zero-order valence-electron chi connectivity index (χ0n) is 12.9. The van der Waals surface area contributed by atoms with Crippen LogP contribution in [0.4, 0.5) is 0 Å². The normalized spacial score (nSPS) is 13.4. The van der Waals surface area contributed by atoms with Gasteiger partial charge in [0, 0.05) is 29.9 Å². The number of fused-ring (bicyclic) bond motifs is 1. The topological polar surface area (TPSA) is 146 Å². The van der Waals surface area contributed by atoms with E-state index in [2.05, 4.69) is 10.3 Å². The van der Waals surface area contributed by atoms with E-state index in [1.807, 2.05) is 24.3 Å². The summed E-state index contributed by atoms with van der Waals surface area (Å²) in [6.45, 7) is 0. The van der Waals surface area contributed by atoms with E-state index in [0.29, 0.717) is 0 Å². The molecule has 128 valence electrons. The molecule has 6 N–H and O–H groups in total. The van der Waals surface area contributed by atoms with Crippen LogP contribution >= 0.6 is 0 Å². The predicted molar refractivity (Wildman–Crippen MR) is 86.4 cm³/mol. The van der Waals surface area contributed by atoms with Gasteiger partial charge in [-0.1, -0.05) is 18.2 Å². The largest absolute Gasteiger partial charge is 0.480 e. The van der Waals surface area contributed by atoms with Crippen LogP contribution in [-0.2, 0) is 20.8 Å². The first-order chi connectivity index (χ1) is 11.4. The lowest BCUT2D eigenvalue weighted by molar-refractivity contribution is -0.142. The number of carboxylic acids is 2. The molecule has 0 bridgehead atoms. The van der Waals surface area contributed by atoms with Gasteiger partial charge < -0.3 is 26.2 Å². The Bertz CT molecular complexity index is 755. The lowest BCUT2D eigenvalue weighted by Crippen LogP contribution is -2.43. The van der Waals surface area contributed by atoms with Gasteiger partial charge in [0.15, 0.2) is 0 Å². The summed E-state index contributed by atoms with van der Waals surface area (Å²) < 4.78 is 0. The Labute approximate surface area is 137 Å². The number of amides is 1. The highest BCUT2D eigenvalue weighted by molar-refractivity contribution is 5.87. The van der Waals surface area contributed by atoms with Crippen molar-refractivity contribution < 1.29 is 24.6 Å². The van der Waals surface area contributed by atoms with E-state index < -0.39 is 29.9 Å². The van der Waals surface area contributed by atoms with Gasteiger partial charge in [-0.15, -0.1) is 0 Å². The summed E-state index contributed by atoms with van der Waals surface area (Å²) in [5.74, 6) is -2.90. The average molecular weight is 333 g/mol. The van der Waals surface area contributed by atoms with Gasteiger partial charge in [0.1, 0.15) is 12.1 Å². The highest BCUT2D eigenvalue weighted by Gasteiger charge is 2.22. The molecule has 0 saturated heterocycles. The summed E-state index contributed by atoms with van der Waals surface area (Å²) in [7, 11) is 0. The summed E-state index contributed by atoms with van der Waals surface area (Å²) in [6, 6.07) is 5.21. The number of nitrogens with one attached hydrogen (secondary N) is 2. The fraction of sp³-hybridized carbons (Fsp3) is 0.312. The highest BCUT2D eigenvalue weighted by atomic mass is 16.4. The van der Waals surface area contributed by atoms with Crippen molar-refractivity contribution in [2.75, 3.05) is 0 Å². The number of carbonyl (C=O) groups excluding carboxylic acids is 1. The van der Waals surface area contributed by atoms with Crippen LogP contribution in [0.1, 0.15) is 18.4 Å². The number of aliphatic carboxylic acids is 2. The molecule has 2 rings (SSSR count). The second-order valence-corrected chi connectivity index (χ2v) is 5.51. The quantitative estimate of drug-likeness (QED) is 0.475. The van der Waals surface area contributed by atoms with Crippen LogP contribution in [-0.4, -0.2) is 45.1 Å². The van der Waals surface area contributed by atoms with Gasteiger partial charge in [-0.05, 0) is 18.1 Å². The molecule has 8 heteroatoms. The first kappa shape index (κ1) is 17.5. The van der Waals surface area contributed by atoms with Crippen molar-refractivity contribution in [3.63, 3.8) is 0 Å². The van der Waals surface area contributed by atoms with Crippen molar-refractivity contribution in [3.05, 3.63) is 36.0 Å². The first-order valence-corrected chi connectivity index (χ1v) is 7.44. The molecule has 1 heterocycles. The molecule has 1 amide bonds. The summed E-state index contributed by atoms with van der Waals surface area (Å²) in [5.41, 5.74) is 6.99. The zero-order valence-corrected chi connectivity index (χ0v) is 12.9. The molecule has 0 aliphatic rings. The van der Waals surface area contributed by atoms with Gasteiger partial charge in [0.2, 0.25) is 5.91 Å². The molecule has 0 aliphatic heterocycles. The Kier molecular flexibility index (Phi) is 5.54. The Hall–Kier alpha value is -2.87. The number of H-pyrrole nitrogens is 1. The Morgan fingerprint density at radius 1 is 1.17 bits per heavy atom. The van der Waals surface area contributed by atoms with Crippen LogP contribution in [0.3, 0.4) is 0 Å². The van der Waals surface area contributed by atoms with Gasteiger partial charge in [-0.25, -0.2) is 4.79 Å². The van der Waals surface area contributed by atoms with Crippen LogP contribution in [0, 0.1) is 0 Å². The monoisotopic (exact) mass is 333 g/mol. The lowest BCUT2D eigenvalue weighted by atomic mass is 10.0. The molecule has 1 aromatic carbocycles. The van der Waals surface area contributed by atoms with Crippen molar-refractivity contribution in [1.82, 2.24) is 10.3 Å². The molecule has 2 aromatic rings. The van der Waals surface area contributed by atoms with E-state index in [9.17, 15) is 19.5 Å². The number of rotatable bonds is 8. The average Bonchev–Trinajstić information content (AvgIpc) is 2.95. The fourth-order valence-electron chi connectivity index (χ4n) is 2.40. The maximum atomic E-state index is 11.8. The summed E-state index contributed by atoms with van der Waals surface area (Å²) in [5, 5.41) is 21.3. The SMILES string of the molecule is NC(CCC(=O)N[C@H](Cc1c[nH]c2ccccc12)C(=O)O)C(=O)O. The van der Waals surface area contributed by atoms with E-state index in [0.717, 1.165) is 16.5 Å². The van der Waals surface area contributed by atoms with Crippen molar-refractivity contribution >= 4 is 28.7 Å². The molecule has 8 nitrogen and oxygen atoms in total. The van der Waals surface area contributed by atoms with Gasteiger partial charge in [0.25, 0.3) is 0 Å². The lowest BCUT2D eigenvalue weighted by Gasteiger charge is -2.15. The zero-order chi connectivity index (χ0) is 17.7. The number of nitrogens with two attached hydrogens (primary N) is 1. The van der Waals surface area contributed by atoms with E-state index in [1.165, 1.54) is 0 Å². The predicted octanol–water partition coefficient (Wildman–Crippen LogP) is 0.472. The standard InChI is InChI=1S/C16H19N3O5/c17-11(15(21)22)5-6-14(20)19-13(16(23)24)7-9-8-18-12-4-2-1-3-10(9)12/h1-4,8,11,13,18H,5-7,17H2,(H,19,20)(H,21,22)(H,23,24)/t11?,13-/m1/s1. The molecule has 0 fully saturated rings. The molecule has 0 spiro atoms. The number of carbonyl (C=O) groups is 3. The molecule has 24 heavy (non-hydrogen) atoms. The molecule has 0 saturated carbocycles. The summed E-state index contributed by atoms with van der Waals surface area (Å²) >= 11 is 0. The Morgan fingerprint density at radius 2 is 1.88 bits per heavy atom. The van der Waals surface area contributed by atoms with Crippen LogP contribution in [0.25, 0.3) is 10.9 Å². The maximum absolute atomic E-state index is 11.8. The Morgan fingerprint density at radius 3 is 2.54 bits per heavy atom. The number of hydrogen-bond donors (Lipinski definition) is 5. The Balaban J connectivity index is 2.01. The van der Waals surface area contributed by atoms with Crippen molar-refractivity contribution in [2.45, 2.75) is 31.3 Å². The smallest absolute Gasteiger partial charge is 0.326 e. The van der Waals surface area contributed by atoms with Crippen molar-refractivity contribution in [3.8, 4) is 0 Å². The van der Waals surface area contributed by atoms with Crippen LogP contribution < -0.4 is 11.1 Å². The molecule has 0 aliphatic carbocycles. The van der Waals surface area contributed by atoms with Gasteiger partial charge in [0.05, 0.1) is 0 Å². The van der Waals surface area contributed by atoms with Gasteiger partial charge in [-0.3, -0.25) is 9.59 Å². The van der Waals surface area contributed by atoms with E-state index in [1.54, 1.807) is 6.20 Å². The summed E-state index contributed by atoms with van der Waals surface area (Å²) in [4.78, 5) is 36.9. The number of aromatic amines is 1. The van der Waals surface area contributed by atoms with Gasteiger partial charge in [-0.2, -0.15) is 0 Å². The van der Waals surface area contributed by atoms with E-state index in [4.69, 9.17) is 10.8 Å². The molecule has 1 unspecified atom stereocenters.